The van der Waals surface area contributed by atoms with Crippen LogP contribution in [-0.4, -0.2) is 17.1 Å². The Bertz CT molecular complexity index is 584. The number of benzene rings is 1. The van der Waals surface area contributed by atoms with Crippen molar-refractivity contribution in [2.24, 2.45) is 10.9 Å². The average Bonchev–Trinajstić information content (AvgIpc) is 2.36. The number of allylic oxidation sites excluding steroid dienone is 2. The Morgan fingerprint density at radius 2 is 2.12 bits per heavy atom. The summed E-state index contributed by atoms with van der Waals surface area (Å²) in [4.78, 5) is 15.0. The SMILES string of the molecule is O=CC1C=C(O)C2=Nc3ccccc3OC2=C1. The van der Waals surface area contributed by atoms with Gasteiger partial charge in [-0.1, -0.05) is 12.1 Å². The van der Waals surface area contributed by atoms with Gasteiger partial charge in [0.1, 0.15) is 23.4 Å². The van der Waals surface area contributed by atoms with E-state index in [1.807, 2.05) is 12.1 Å². The molecule has 0 spiro atoms. The Morgan fingerprint density at radius 1 is 1.29 bits per heavy atom. The standard InChI is InChI=1S/C13H9NO3/c15-7-8-5-10(16)13-12(6-8)17-11-4-2-1-3-9(11)14-13/h1-8,16H. The maximum atomic E-state index is 10.7. The quantitative estimate of drug-likeness (QED) is 0.749. The normalized spacial score (nSPS) is 21.2. The van der Waals surface area contributed by atoms with Gasteiger partial charge < -0.3 is 14.6 Å². The zero-order valence-corrected chi connectivity index (χ0v) is 8.83. The third kappa shape index (κ3) is 1.54. The summed E-state index contributed by atoms with van der Waals surface area (Å²) in [6.45, 7) is 0. The van der Waals surface area contributed by atoms with Crippen LogP contribution < -0.4 is 4.74 Å². The van der Waals surface area contributed by atoms with Crippen LogP contribution in [-0.2, 0) is 4.79 Å². The highest BCUT2D eigenvalue weighted by molar-refractivity contribution is 6.13. The molecule has 0 fully saturated rings. The first kappa shape index (κ1) is 9.84. The number of aliphatic hydroxyl groups excluding tert-OH is 1. The predicted molar refractivity (Wildman–Crippen MR) is 62.5 cm³/mol. The van der Waals surface area contributed by atoms with Crippen molar-refractivity contribution in [1.82, 2.24) is 0 Å². The van der Waals surface area contributed by atoms with Crippen molar-refractivity contribution in [2.75, 3.05) is 0 Å². The van der Waals surface area contributed by atoms with E-state index in [9.17, 15) is 9.90 Å². The molecule has 0 saturated heterocycles. The van der Waals surface area contributed by atoms with Crippen LogP contribution in [0.5, 0.6) is 5.75 Å². The van der Waals surface area contributed by atoms with Gasteiger partial charge in [0, 0.05) is 0 Å². The number of aliphatic hydroxyl groups is 1. The molecule has 1 unspecified atom stereocenters. The minimum absolute atomic E-state index is 0.0193. The van der Waals surface area contributed by atoms with Gasteiger partial charge in [-0.25, -0.2) is 4.99 Å². The molecule has 1 N–H and O–H groups in total. The number of rotatable bonds is 1. The number of aldehydes is 1. The third-order valence-electron chi connectivity index (χ3n) is 2.64. The first-order valence-corrected chi connectivity index (χ1v) is 5.22. The fourth-order valence-corrected chi connectivity index (χ4v) is 1.84. The van der Waals surface area contributed by atoms with Gasteiger partial charge in [-0.15, -0.1) is 0 Å². The zero-order valence-electron chi connectivity index (χ0n) is 8.83. The van der Waals surface area contributed by atoms with E-state index in [0.29, 0.717) is 22.9 Å². The predicted octanol–water partition coefficient (Wildman–Crippen LogP) is 2.31. The molecular formula is C13H9NO3. The smallest absolute Gasteiger partial charge is 0.154 e. The maximum absolute atomic E-state index is 10.7. The van der Waals surface area contributed by atoms with E-state index in [0.717, 1.165) is 6.29 Å². The highest BCUT2D eigenvalue weighted by Gasteiger charge is 2.26. The first-order chi connectivity index (χ1) is 8.28. The Kier molecular flexibility index (Phi) is 2.08. The molecule has 4 nitrogen and oxygen atoms in total. The highest BCUT2D eigenvalue weighted by Crippen LogP contribution is 2.36. The summed E-state index contributed by atoms with van der Waals surface area (Å²) < 4.78 is 5.61. The topological polar surface area (TPSA) is 58.9 Å². The number of fused-ring (bicyclic) bond motifs is 2. The van der Waals surface area contributed by atoms with Crippen LogP contribution in [0.25, 0.3) is 0 Å². The lowest BCUT2D eigenvalue weighted by Crippen LogP contribution is -2.21. The van der Waals surface area contributed by atoms with Gasteiger partial charge >= 0.3 is 0 Å². The molecular weight excluding hydrogens is 218 g/mol. The summed E-state index contributed by atoms with van der Waals surface area (Å²) in [7, 11) is 0. The Labute approximate surface area is 97.6 Å². The number of hydrogen-bond donors (Lipinski definition) is 1. The summed E-state index contributed by atoms with van der Waals surface area (Å²) in [5.74, 6) is 0.575. The molecule has 0 amide bonds. The molecule has 0 saturated carbocycles. The number of carbonyl (C=O) groups is 1. The first-order valence-electron chi connectivity index (χ1n) is 5.22. The zero-order chi connectivity index (χ0) is 11.8. The number of nitrogens with zero attached hydrogens (tertiary/aromatic N) is 1. The minimum atomic E-state index is -0.464. The van der Waals surface area contributed by atoms with Crippen LogP contribution in [0.2, 0.25) is 0 Å². The van der Waals surface area contributed by atoms with Crippen molar-refractivity contribution >= 4 is 17.7 Å². The number of carbonyl (C=O) groups excluding carboxylic acids is 1. The molecule has 1 aliphatic carbocycles. The van der Waals surface area contributed by atoms with E-state index < -0.39 is 5.92 Å². The molecule has 1 aromatic carbocycles. The number of ether oxygens (including phenoxy) is 1. The fraction of sp³-hybridized carbons (Fsp3) is 0.0769. The lowest BCUT2D eigenvalue weighted by Gasteiger charge is -2.22. The molecule has 1 heterocycles. The van der Waals surface area contributed by atoms with Crippen LogP contribution in [0, 0.1) is 5.92 Å². The summed E-state index contributed by atoms with van der Waals surface area (Å²) in [5.41, 5.74) is 1.05. The van der Waals surface area contributed by atoms with Gasteiger partial charge in [-0.2, -0.15) is 0 Å². The van der Waals surface area contributed by atoms with Crippen molar-refractivity contribution in [3.05, 3.63) is 47.9 Å². The number of aliphatic imine (C=N–C) groups is 1. The second-order valence-electron chi connectivity index (χ2n) is 3.83. The second kappa shape index (κ2) is 3.59. The maximum Gasteiger partial charge on any atom is 0.154 e. The van der Waals surface area contributed by atoms with Crippen LogP contribution in [0.4, 0.5) is 5.69 Å². The lowest BCUT2D eigenvalue weighted by molar-refractivity contribution is -0.109. The van der Waals surface area contributed by atoms with Gasteiger partial charge in [0.05, 0.1) is 5.92 Å². The number of para-hydroxylation sites is 2. The molecule has 17 heavy (non-hydrogen) atoms. The van der Waals surface area contributed by atoms with E-state index in [1.54, 1.807) is 18.2 Å². The summed E-state index contributed by atoms with van der Waals surface area (Å²) >= 11 is 0. The lowest BCUT2D eigenvalue weighted by atomic mass is 10.00. The minimum Gasteiger partial charge on any atom is -0.506 e. The monoisotopic (exact) mass is 227 g/mol. The van der Waals surface area contributed by atoms with Crippen molar-refractivity contribution in [2.45, 2.75) is 0 Å². The Hall–Kier alpha value is -2.36. The average molecular weight is 227 g/mol. The van der Waals surface area contributed by atoms with E-state index in [2.05, 4.69) is 4.99 Å². The van der Waals surface area contributed by atoms with Crippen LogP contribution in [0.3, 0.4) is 0 Å². The highest BCUT2D eigenvalue weighted by atomic mass is 16.5. The van der Waals surface area contributed by atoms with Crippen LogP contribution in [0.1, 0.15) is 0 Å². The largest absolute Gasteiger partial charge is 0.506 e. The van der Waals surface area contributed by atoms with Crippen molar-refractivity contribution < 1.29 is 14.6 Å². The summed E-state index contributed by atoms with van der Waals surface area (Å²) in [5, 5.41) is 9.78. The second-order valence-corrected chi connectivity index (χ2v) is 3.83. The molecule has 0 aromatic heterocycles. The van der Waals surface area contributed by atoms with Gasteiger partial charge in [0.2, 0.25) is 0 Å². The van der Waals surface area contributed by atoms with Crippen molar-refractivity contribution in [3.63, 3.8) is 0 Å². The Morgan fingerprint density at radius 3 is 2.94 bits per heavy atom. The van der Waals surface area contributed by atoms with E-state index in [1.165, 1.54) is 6.08 Å². The van der Waals surface area contributed by atoms with Gasteiger partial charge in [0.25, 0.3) is 0 Å². The fourth-order valence-electron chi connectivity index (χ4n) is 1.84. The molecule has 1 aliphatic heterocycles. The molecule has 2 aliphatic rings. The molecule has 0 bridgehead atoms. The molecule has 1 atom stereocenters. The number of hydrogen-bond acceptors (Lipinski definition) is 4. The van der Waals surface area contributed by atoms with Gasteiger partial charge in [-0.05, 0) is 24.3 Å². The van der Waals surface area contributed by atoms with Crippen LogP contribution >= 0.6 is 0 Å². The van der Waals surface area contributed by atoms with Crippen molar-refractivity contribution in [1.29, 1.82) is 0 Å². The van der Waals surface area contributed by atoms with Gasteiger partial charge in [-0.3, -0.25) is 0 Å². The van der Waals surface area contributed by atoms with Crippen molar-refractivity contribution in [3.8, 4) is 5.75 Å². The molecule has 4 heteroatoms. The molecule has 0 radical (unpaired) electrons. The van der Waals surface area contributed by atoms with E-state index >= 15 is 0 Å². The summed E-state index contributed by atoms with van der Waals surface area (Å²) in [6.07, 6.45) is 3.83. The molecule has 84 valence electrons. The van der Waals surface area contributed by atoms with E-state index in [-0.39, 0.29) is 5.76 Å². The van der Waals surface area contributed by atoms with E-state index in [4.69, 9.17) is 4.74 Å². The third-order valence-corrected chi connectivity index (χ3v) is 2.64. The summed E-state index contributed by atoms with van der Waals surface area (Å²) in [6, 6.07) is 7.29. The molecule has 1 aromatic rings. The van der Waals surface area contributed by atoms with Crippen LogP contribution in [0.15, 0.2) is 52.9 Å². The molecule has 3 rings (SSSR count). The Balaban J connectivity index is 2.13. The van der Waals surface area contributed by atoms with Gasteiger partial charge in [0.15, 0.2) is 11.5 Å².